The van der Waals surface area contributed by atoms with Gasteiger partial charge in [0.2, 0.25) is 0 Å². The number of aromatic nitrogens is 2. The Labute approximate surface area is 114 Å². The van der Waals surface area contributed by atoms with Crippen molar-refractivity contribution < 1.29 is 9.18 Å². The quantitative estimate of drug-likeness (QED) is 0.750. The Morgan fingerprint density at radius 1 is 1.47 bits per heavy atom. The van der Waals surface area contributed by atoms with Gasteiger partial charge in [-0.25, -0.2) is 4.39 Å². The molecule has 1 aliphatic rings. The molecule has 5 heteroatoms. The van der Waals surface area contributed by atoms with E-state index in [1.54, 1.807) is 23.0 Å². The molecule has 2 heterocycles. The van der Waals surface area contributed by atoms with Gasteiger partial charge in [-0.1, -0.05) is 6.07 Å². The van der Waals surface area contributed by atoms with E-state index >= 15 is 0 Å². The zero-order valence-electron chi connectivity index (χ0n) is 10.3. The van der Waals surface area contributed by atoms with Crippen molar-refractivity contribution in [1.29, 1.82) is 0 Å². The van der Waals surface area contributed by atoms with Crippen molar-refractivity contribution in [2.75, 3.05) is 5.75 Å². The summed E-state index contributed by atoms with van der Waals surface area (Å²) in [7, 11) is 1.82. The van der Waals surface area contributed by atoms with Crippen LogP contribution in [0.2, 0.25) is 0 Å². The molecule has 1 aromatic heterocycles. The molecule has 1 aliphatic heterocycles. The van der Waals surface area contributed by atoms with E-state index in [4.69, 9.17) is 0 Å². The van der Waals surface area contributed by atoms with Crippen LogP contribution in [0.4, 0.5) is 4.39 Å². The zero-order valence-corrected chi connectivity index (χ0v) is 11.1. The van der Waals surface area contributed by atoms with Crippen LogP contribution in [-0.2, 0) is 7.05 Å². The van der Waals surface area contributed by atoms with Crippen LogP contribution < -0.4 is 0 Å². The summed E-state index contributed by atoms with van der Waals surface area (Å²) in [5.41, 5.74) is 2.01. The Morgan fingerprint density at radius 3 is 3.05 bits per heavy atom. The van der Waals surface area contributed by atoms with Gasteiger partial charge in [-0.15, -0.1) is 11.8 Å². The van der Waals surface area contributed by atoms with Crippen molar-refractivity contribution in [3.8, 4) is 0 Å². The second-order valence-electron chi connectivity index (χ2n) is 4.35. The highest BCUT2D eigenvalue weighted by Crippen LogP contribution is 2.35. The Hall–Kier alpha value is -1.88. The number of fused-ring (bicyclic) bond motifs is 1. The number of aryl methyl sites for hydroxylation is 1. The summed E-state index contributed by atoms with van der Waals surface area (Å²) >= 11 is 1.36. The van der Waals surface area contributed by atoms with E-state index in [1.165, 1.54) is 17.8 Å². The molecule has 0 saturated heterocycles. The number of carbonyl (C=O) groups excluding carboxylic acids is 1. The molecule has 19 heavy (non-hydrogen) atoms. The van der Waals surface area contributed by atoms with Crippen LogP contribution in [0, 0.1) is 5.82 Å². The summed E-state index contributed by atoms with van der Waals surface area (Å²) in [6, 6.07) is 4.62. The number of carbonyl (C=O) groups is 1. The minimum atomic E-state index is -0.323. The van der Waals surface area contributed by atoms with Gasteiger partial charge >= 0.3 is 0 Å². The lowest BCUT2D eigenvalue weighted by Crippen LogP contribution is -2.13. The maximum atomic E-state index is 13.6. The number of halogens is 1. The van der Waals surface area contributed by atoms with Gasteiger partial charge in [-0.05, 0) is 18.2 Å². The first-order valence-corrected chi connectivity index (χ1v) is 6.79. The average molecular weight is 274 g/mol. The second-order valence-corrected chi connectivity index (χ2v) is 5.34. The number of benzene rings is 1. The second kappa shape index (κ2) is 4.66. The number of nitrogens with zero attached hydrogens (tertiary/aromatic N) is 2. The first-order chi connectivity index (χ1) is 9.15. The van der Waals surface area contributed by atoms with Gasteiger partial charge in [0.1, 0.15) is 5.82 Å². The van der Waals surface area contributed by atoms with Gasteiger partial charge in [-0.2, -0.15) is 5.10 Å². The highest BCUT2D eigenvalue weighted by atomic mass is 32.2. The molecule has 2 aromatic rings. The molecular formula is C14H11FN2OS. The Morgan fingerprint density at radius 2 is 2.32 bits per heavy atom. The molecule has 0 saturated carbocycles. The maximum absolute atomic E-state index is 13.6. The largest absolute Gasteiger partial charge is 0.289 e. The zero-order chi connectivity index (χ0) is 13.4. The van der Waals surface area contributed by atoms with Crippen molar-refractivity contribution >= 4 is 23.6 Å². The smallest absolute Gasteiger partial charge is 0.191 e. The highest BCUT2D eigenvalue weighted by Gasteiger charge is 2.24. The third-order valence-corrected chi connectivity index (χ3v) is 4.10. The SMILES string of the molecule is Cn1cc(C=C2CSc3c(F)cccc3C2=O)cn1. The molecule has 1 aromatic carbocycles. The molecule has 0 unspecified atom stereocenters. The lowest BCUT2D eigenvalue weighted by Gasteiger charge is -2.17. The maximum Gasteiger partial charge on any atom is 0.191 e. The minimum Gasteiger partial charge on any atom is -0.289 e. The fourth-order valence-electron chi connectivity index (χ4n) is 2.05. The van der Waals surface area contributed by atoms with Crippen LogP contribution in [0.1, 0.15) is 15.9 Å². The number of rotatable bonds is 1. The lowest BCUT2D eigenvalue weighted by atomic mass is 10.0. The molecule has 0 fully saturated rings. The lowest BCUT2D eigenvalue weighted by molar-refractivity contribution is 0.103. The molecule has 0 N–H and O–H groups in total. The van der Waals surface area contributed by atoms with Crippen LogP contribution in [0.25, 0.3) is 6.08 Å². The number of ketones is 1. The molecule has 0 amide bonds. The molecule has 0 atom stereocenters. The molecule has 3 nitrogen and oxygen atoms in total. The summed E-state index contributed by atoms with van der Waals surface area (Å²) in [6.07, 6.45) is 5.36. The van der Waals surface area contributed by atoms with Gasteiger partial charge in [0.05, 0.1) is 11.1 Å². The predicted octanol–water partition coefficient (Wildman–Crippen LogP) is 2.93. The summed E-state index contributed by atoms with van der Waals surface area (Å²) in [5, 5.41) is 4.06. The number of hydrogen-bond donors (Lipinski definition) is 0. The first-order valence-electron chi connectivity index (χ1n) is 5.80. The van der Waals surface area contributed by atoms with Crippen LogP contribution >= 0.6 is 11.8 Å². The average Bonchev–Trinajstić information content (AvgIpc) is 2.79. The fraction of sp³-hybridized carbons (Fsp3) is 0.143. The normalized spacial score (nSPS) is 16.7. The molecule has 0 aliphatic carbocycles. The molecule has 0 radical (unpaired) electrons. The third-order valence-electron chi connectivity index (χ3n) is 2.94. The van der Waals surface area contributed by atoms with E-state index in [2.05, 4.69) is 5.10 Å². The summed E-state index contributed by atoms with van der Waals surface area (Å²) in [6.45, 7) is 0. The van der Waals surface area contributed by atoms with Crippen molar-refractivity contribution in [2.45, 2.75) is 4.90 Å². The summed E-state index contributed by atoms with van der Waals surface area (Å²) in [5.74, 6) is 0.0650. The summed E-state index contributed by atoms with van der Waals surface area (Å²) in [4.78, 5) is 12.8. The molecule has 96 valence electrons. The van der Waals surface area contributed by atoms with Crippen LogP contribution in [0.3, 0.4) is 0 Å². The first kappa shape index (κ1) is 12.2. The minimum absolute atomic E-state index is 0.0999. The van der Waals surface area contributed by atoms with E-state index in [0.29, 0.717) is 21.8 Å². The number of hydrogen-bond acceptors (Lipinski definition) is 3. The van der Waals surface area contributed by atoms with Crippen LogP contribution in [-0.4, -0.2) is 21.3 Å². The number of thioether (sulfide) groups is 1. The highest BCUT2D eigenvalue weighted by molar-refractivity contribution is 7.99. The van der Waals surface area contributed by atoms with Crippen LogP contribution in [0.15, 0.2) is 41.1 Å². The Bertz CT molecular complexity index is 691. The van der Waals surface area contributed by atoms with Crippen molar-refractivity contribution in [3.05, 3.63) is 53.1 Å². The van der Waals surface area contributed by atoms with E-state index in [-0.39, 0.29) is 11.6 Å². The molecule has 3 rings (SSSR count). The predicted molar refractivity (Wildman–Crippen MR) is 72.6 cm³/mol. The van der Waals surface area contributed by atoms with E-state index < -0.39 is 0 Å². The topological polar surface area (TPSA) is 34.9 Å². The van der Waals surface area contributed by atoms with Gasteiger partial charge in [0.15, 0.2) is 5.78 Å². The van der Waals surface area contributed by atoms with E-state index in [9.17, 15) is 9.18 Å². The standard InChI is InChI=1S/C14H11FN2OS/c1-17-7-9(6-16-17)5-10-8-19-14-11(13(10)18)3-2-4-12(14)15/h2-7H,8H2,1H3. The van der Waals surface area contributed by atoms with Gasteiger partial charge < -0.3 is 0 Å². The van der Waals surface area contributed by atoms with Gasteiger partial charge in [0.25, 0.3) is 0 Å². The third kappa shape index (κ3) is 2.21. The van der Waals surface area contributed by atoms with Gasteiger partial charge in [0, 0.05) is 35.7 Å². The van der Waals surface area contributed by atoms with E-state index in [1.807, 2.05) is 19.3 Å². The van der Waals surface area contributed by atoms with E-state index in [0.717, 1.165) is 5.56 Å². The molecule has 0 bridgehead atoms. The Kier molecular flexibility index (Phi) is 2.98. The van der Waals surface area contributed by atoms with Crippen LogP contribution in [0.5, 0.6) is 0 Å². The summed E-state index contributed by atoms with van der Waals surface area (Å²) < 4.78 is 15.3. The Balaban J connectivity index is 2.00. The van der Waals surface area contributed by atoms with Crippen molar-refractivity contribution in [2.24, 2.45) is 7.05 Å². The number of Topliss-reactive ketones (excluding diaryl/α,β-unsaturated/α-hetero) is 1. The van der Waals surface area contributed by atoms with Gasteiger partial charge in [-0.3, -0.25) is 9.48 Å². The van der Waals surface area contributed by atoms with Crippen molar-refractivity contribution in [3.63, 3.8) is 0 Å². The fourth-order valence-corrected chi connectivity index (χ4v) is 3.08. The molecular weight excluding hydrogens is 263 g/mol. The molecule has 0 spiro atoms. The van der Waals surface area contributed by atoms with Crippen molar-refractivity contribution in [1.82, 2.24) is 9.78 Å². The monoisotopic (exact) mass is 274 g/mol.